The molecule has 200 valence electrons. The maximum atomic E-state index is 13.2. The third-order valence-corrected chi connectivity index (χ3v) is 6.77. The standard InChI is InChI=1S/C18H16F3N3O2S.C10H12O/c1-2-12-3-5-13(6-4-12)16-11-17(18(19,20)21)23-24(16)14-7-9-15(10-8-14)27(22,25)26;1-3-9-4-6-10(7-5-9)8(2)11/h3-11H,2H2,1H3,(H2,22,25,26);4-7H,3H2,1-2H3. The van der Waals surface area contributed by atoms with Gasteiger partial charge in [-0.05, 0) is 61.2 Å². The van der Waals surface area contributed by atoms with Crippen molar-refractivity contribution in [1.29, 1.82) is 0 Å². The predicted molar refractivity (Wildman–Crippen MR) is 141 cm³/mol. The lowest BCUT2D eigenvalue weighted by Crippen LogP contribution is -2.12. The van der Waals surface area contributed by atoms with Crippen LogP contribution in [0.3, 0.4) is 0 Å². The molecule has 0 fully saturated rings. The van der Waals surface area contributed by atoms with E-state index in [9.17, 15) is 26.4 Å². The summed E-state index contributed by atoms with van der Waals surface area (Å²) < 4.78 is 63.4. The van der Waals surface area contributed by atoms with E-state index in [2.05, 4.69) is 12.0 Å². The van der Waals surface area contributed by atoms with Gasteiger partial charge in [0.1, 0.15) is 0 Å². The number of carbonyl (C=O) groups is 1. The molecular formula is C28H28F3N3O3S. The lowest BCUT2D eigenvalue weighted by Gasteiger charge is -2.09. The Labute approximate surface area is 220 Å². The number of alkyl halides is 3. The second kappa shape index (κ2) is 11.7. The molecule has 10 heteroatoms. The van der Waals surface area contributed by atoms with Crippen LogP contribution in [0.5, 0.6) is 0 Å². The summed E-state index contributed by atoms with van der Waals surface area (Å²) >= 11 is 0. The zero-order valence-corrected chi connectivity index (χ0v) is 22.0. The Hall–Kier alpha value is -3.76. The van der Waals surface area contributed by atoms with Gasteiger partial charge in [0.25, 0.3) is 0 Å². The summed E-state index contributed by atoms with van der Waals surface area (Å²) in [6.45, 7) is 5.66. The number of nitrogens with zero attached hydrogens (tertiary/aromatic N) is 2. The molecule has 0 unspecified atom stereocenters. The molecule has 3 aromatic carbocycles. The van der Waals surface area contributed by atoms with Crippen LogP contribution >= 0.6 is 0 Å². The van der Waals surface area contributed by atoms with Crippen molar-refractivity contribution < 1.29 is 26.4 Å². The van der Waals surface area contributed by atoms with E-state index in [0.717, 1.165) is 34.7 Å². The number of halogens is 3. The van der Waals surface area contributed by atoms with E-state index in [1.54, 1.807) is 19.1 Å². The Morgan fingerprint density at radius 2 is 1.37 bits per heavy atom. The van der Waals surface area contributed by atoms with Gasteiger partial charge in [-0.2, -0.15) is 18.3 Å². The number of sulfonamides is 1. The maximum Gasteiger partial charge on any atom is 0.435 e. The smallest absolute Gasteiger partial charge is 0.295 e. The van der Waals surface area contributed by atoms with Crippen LogP contribution in [0.1, 0.15) is 48.0 Å². The van der Waals surface area contributed by atoms with Crippen molar-refractivity contribution in [2.75, 3.05) is 0 Å². The van der Waals surface area contributed by atoms with Crippen molar-refractivity contribution in [2.24, 2.45) is 5.14 Å². The molecule has 1 heterocycles. The molecule has 0 radical (unpaired) electrons. The first-order valence-electron chi connectivity index (χ1n) is 11.8. The average Bonchev–Trinajstić information content (AvgIpc) is 3.35. The van der Waals surface area contributed by atoms with E-state index < -0.39 is 21.9 Å². The Balaban J connectivity index is 0.000000304. The molecule has 0 saturated carbocycles. The zero-order chi connectivity index (χ0) is 28.1. The first-order chi connectivity index (χ1) is 17.8. The topological polar surface area (TPSA) is 95.1 Å². The van der Waals surface area contributed by atoms with Crippen molar-refractivity contribution in [2.45, 2.75) is 44.7 Å². The summed E-state index contributed by atoms with van der Waals surface area (Å²) in [4.78, 5) is 10.7. The van der Waals surface area contributed by atoms with E-state index in [4.69, 9.17) is 5.14 Å². The van der Waals surface area contributed by atoms with Gasteiger partial charge in [-0.25, -0.2) is 18.2 Å². The lowest BCUT2D eigenvalue weighted by molar-refractivity contribution is -0.141. The number of benzene rings is 3. The quantitative estimate of drug-likeness (QED) is 0.292. The minimum absolute atomic E-state index is 0.132. The molecule has 0 atom stereocenters. The number of primary sulfonamides is 1. The fourth-order valence-corrected chi connectivity index (χ4v) is 4.10. The van der Waals surface area contributed by atoms with E-state index in [1.807, 2.05) is 43.3 Å². The van der Waals surface area contributed by atoms with Gasteiger partial charge in [0.05, 0.1) is 16.3 Å². The fraction of sp³-hybridized carbons (Fsp3) is 0.214. The van der Waals surface area contributed by atoms with Crippen LogP contribution in [-0.4, -0.2) is 24.0 Å². The number of aryl methyl sites for hydroxylation is 2. The summed E-state index contributed by atoms with van der Waals surface area (Å²) in [7, 11) is -3.90. The van der Waals surface area contributed by atoms with Crippen LogP contribution in [0.4, 0.5) is 13.2 Å². The van der Waals surface area contributed by atoms with Crippen molar-refractivity contribution in [3.8, 4) is 16.9 Å². The van der Waals surface area contributed by atoms with Crippen molar-refractivity contribution in [1.82, 2.24) is 9.78 Å². The lowest BCUT2D eigenvalue weighted by atomic mass is 10.1. The molecular weight excluding hydrogens is 515 g/mol. The highest BCUT2D eigenvalue weighted by molar-refractivity contribution is 7.89. The van der Waals surface area contributed by atoms with E-state index in [-0.39, 0.29) is 22.1 Å². The molecule has 38 heavy (non-hydrogen) atoms. The summed E-state index contributed by atoms with van der Waals surface area (Å²) in [5.41, 5.74) is 3.18. The third-order valence-electron chi connectivity index (χ3n) is 5.84. The van der Waals surface area contributed by atoms with Gasteiger partial charge < -0.3 is 0 Å². The Kier molecular flexibility index (Phi) is 8.90. The van der Waals surface area contributed by atoms with Gasteiger partial charge in [-0.1, -0.05) is 62.4 Å². The van der Waals surface area contributed by atoms with Crippen LogP contribution in [0.2, 0.25) is 0 Å². The van der Waals surface area contributed by atoms with Crippen molar-refractivity contribution in [3.63, 3.8) is 0 Å². The molecule has 0 bridgehead atoms. The predicted octanol–water partition coefficient (Wildman–Crippen LogP) is 6.22. The van der Waals surface area contributed by atoms with Crippen LogP contribution in [0.15, 0.2) is 83.8 Å². The number of rotatable bonds is 6. The highest BCUT2D eigenvalue weighted by Gasteiger charge is 2.35. The molecule has 4 aromatic rings. The van der Waals surface area contributed by atoms with Gasteiger partial charge in [0.2, 0.25) is 10.0 Å². The first kappa shape index (κ1) is 28.8. The normalized spacial score (nSPS) is 11.6. The monoisotopic (exact) mass is 543 g/mol. The van der Waals surface area contributed by atoms with Crippen molar-refractivity contribution in [3.05, 3.63) is 101 Å². The Morgan fingerprint density at radius 3 is 1.79 bits per heavy atom. The molecule has 0 aliphatic carbocycles. The second-order valence-corrected chi connectivity index (χ2v) is 10.1. The average molecular weight is 544 g/mol. The van der Waals surface area contributed by atoms with Crippen LogP contribution < -0.4 is 5.14 Å². The Bertz CT molecular complexity index is 1490. The second-order valence-electron chi connectivity index (χ2n) is 8.52. The van der Waals surface area contributed by atoms with Crippen molar-refractivity contribution >= 4 is 15.8 Å². The van der Waals surface area contributed by atoms with Crippen LogP contribution in [-0.2, 0) is 29.0 Å². The zero-order valence-electron chi connectivity index (χ0n) is 21.2. The number of nitrogens with two attached hydrogens (primary N) is 1. The number of carbonyl (C=O) groups excluding carboxylic acids is 1. The maximum absolute atomic E-state index is 13.2. The van der Waals surface area contributed by atoms with E-state index >= 15 is 0 Å². The number of aromatic nitrogens is 2. The fourth-order valence-electron chi connectivity index (χ4n) is 3.59. The van der Waals surface area contributed by atoms with Crippen LogP contribution in [0, 0.1) is 0 Å². The first-order valence-corrected chi connectivity index (χ1v) is 13.4. The number of Topliss-reactive ketones (excluding diaryl/α,β-unsaturated/α-hetero) is 1. The molecule has 2 N–H and O–H groups in total. The van der Waals surface area contributed by atoms with Gasteiger partial charge in [-0.3, -0.25) is 4.79 Å². The highest BCUT2D eigenvalue weighted by Crippen LogP contribution is 2.33. The molecule has 6 nitrogen and oxygen atoms in total. The van der Waals surface area contributed by atoms with E-state index in [0.29, 0.717) is 5.56 Å². The summed E-state index contributed by atoms with van der Waals surface area (Å²) in [5.74, 6) is 0.132. The minimum Gasteiger partial charge on any atom is -0.295 e. The SMILES string of the molecule is CCc1ccc(-c2cc(C(F)(F)F)nn2-c2ccc(S(N)(=O)=O)cc2)cc1.CCc1ccc(C(C)=O)cc1. The van der Waals surface area contributed by atoms with Gasteiger partial charge in [0.15, 0.2) is 11.5 Å². The number of hydrogen-bond acceptors (Lipinski definition) is 4. The van der Waals surface area contributed by atoms with Crippen LogP contribution in [0.25, 0.3) is 16.9 Å². The molecule has 0 spiro atoms. The number of hydrogen-bond donors (Lipinski definition) is 1. The van der Waals surface area contributed by atoms with E-state index in [1.165, 1.54) is 29.8 Å². The molecule has 0 amide bonds. The van der Waals surface area contributed by atoms with Gasteiger partial charge >= 0.3 is 6.18 Å². The number of ketones is 1. The molecule has 0 aliphatic rings. The summed E-state index contributed by atoms with van der Waals surface area (Å²) in [6, 6.07) is 21.0. The molecule has 1 aromatic heterocycles. The largest absolute Gasteiger partial charge is 0.435 e. The molecule has 0 aliphatic heterocycles. The third kappa shape index (κ3) is 7.17. The summed E-state index contributed by atoms with van der Waals surface area (Å²) in [5, 5.41) is 8.73. The molecule has 0 saturated heterocycles. The minimum atomic E-state index is -4.61. The molecule has 4 rings (SSSR count). The summed E-state index contributed by atoms with van der Waals surface area (Å²) in [6.07, 6.45) is -2.77. The Morgan fingerprint density at radius 1 is 0.868 bits per heavy atom. The van der Waals surface area contributed by atoms with Gasteiger partial charge in [-0.15, -0.1) is 0 Å². The highest BCUT2D eigenvalue weighted by atomic mass is 32.2. The van der Waals surface area contributed by atoms with Gasteiger partial charge in [0, 0.05) is 11.1 Å².